The first-order valence-corrected chi connectivity index (χ1v) is 32.8. The standard InChI is InChI=1S/C22H35N3O2S.C12H22N2OS2.C12H21NO3.C8H14N2O2.C3H8.3C2H6/c1-8-21(27-7)17(4)11-9-10-12-19(26-6)13-14-23-18(5)20-15-28-22(25-20)24-16(2)3;1-12(2,3)10(13-4)9-14(5)17(15)11-7-6-8-16-11;1-3-4-5-6-7-10(2)11(13-9-14)8-12(15)16;1-7-3-2-4-10(7)8(12)5-9-6-11;1-3-2;3*1-2/h8-9,11,13,15-17H,10,12,14H2,1-7H3,(H,24,25);6-8,10,13H,9H2,1-5H3;9-10H,3-8H2,1-2H3,(H,15,16);6-7H,2-5H2,1H3,(H,9,11);3H2,1-2H3;3*1-2H3/b11-9-,19-13+,21-8+,23-18?;;;;;;;/t;;;7-;;;;/m...1..../s1. The first-order valence-electron chi connectivity index (χ1n) is 29.9. The number of methoxy groups -OCH3 is 2. The Hall–Kier alpha value is -4.56. The van der Waals surface area contributed by atoms with Crippen LogP contribution in [0.4, 0.5) is 5.13 Å². The Morgan fingerprint density at radius 3 is 2.11 bits per heavy atom. The Bertz CT molecular complexity index is 2050. The highest BCUT2D eigenvalue weighted by molar-refractivity contribution is 7.85. The van der Waals surface area contributed by atoms with Gasteiger partial charge in [0.05, 0.1) is 56.7 Å². The molecule has 476 valence electrons. The van der Waals surface area contributed by atoms with Crippen molar-refractivity contribution in [3.05, 3.63) is 64.4 Å². The number of ether oxygens (including phenoxy) is 2. The fraction of sp³-hybridized carbons (Fsp3) is 0.698. The molecular formula is C63H118N8O8S3. The number of aromatic nitrogens is 1. The molecule has 1 aliphatic heterocycles. The number of likely N-dealkylation sites (tertiary alicyclic amines) is 1. The Balaban J connectivity index is -0.000000319. The number of nitrogens with zero attached hydrogens (tertiary/aromatic N) is 5. The highest BCUT2D eigenvalue weighted by Gasteiger charge is 2.27. The van der Waals surface area contributed by atoms with Crippen molar-refractivity contribution in [1.82, 2.24) is 24.8 Å². The van der Waals surface area contributed by atoms with Crippen molar-refractivity contribution in [3.8, 4) is 0 Å². The zero-order valence-electron chi connectivity index (χ0n) is 55.5. The molecule has 1 fully saturated rings. The Kier molecular flexibility index (Phi) is 59.8. The van der Waals surface area contributed by atoms with Gasteiger partial charge in [-0.3, -0.25) is 24.2 Å². The second-order valence-electron chi connectivity index (χ2n) is 19.8. The lowest BCUT2D eigenvalue weighted by molar-refractivity contribution is -0.135. The van der Waals surface area contributed by atoms with Gasteiger partial charge in [0.15, 0.2) is 5.13 Å². The van der Waals surface area contributed by atoms with Gasteiger partial charge in [-0.25, -0.2) is 18.5 Å². The van der Waals surface area contributed by atoms with Gasteiger partial charge in [-0.15, -0.1) is 22.7 Å². The number of thiophene rings is 1. The van der Waals surface area contributed by atoms with Crippen LogP contribution in [-0.4, -0.2) is 132 Å². The van der Waals surface area contributed by atoms with Crippen molar-refractivity contribution in [2.24, 2.45) is 27.2 Å². The van der Waals surface area contributed by atoms with E-state index in [1.807, 2.05) is 128 Å². The van der Waals surface area contributed by atoms with E-state index >= 15 is 0 Å². The van der Waals surface area contributed by atoms with E-state index in [0.29, 0.717) is 43.2 Å². The summed E-state index contributed by atoms with van der Waals surface area (Å²) in [7, 11) is 6.24. The highest BCUT2D eigenvalue weighted by atomic mass is 32.2. The lowest BCUT2D eigenvalue weighted by Gasteiger charge is -2.33. The quantitative estimate of drug-likeness (QED) is 0.0198. The molecule has 2 aromatic rings. The molecule has 0 aromatic carbocycles. The second-order valence-corrected chi connectivity index (χ2v) is 23.4. The molecule has 3 amide bonds. The van der Waals surface area contributed by atoms with Crippen LogP contribution < -0.4 is 16.0 Å². The first kappa shape index (κ1) is 86.2. The third kappa shape index (κ3) is 44.0. The third-order valence-corrected chi connectivity index (χ3v) is 15.1. The summed E-state index contributed by atoms with van der Waals surface area (Å²) in [5, 5.41) is 22.6. The Morgan fingerprint density at radius 1 is 1.01 bits per heavy atom. The number of hydrogen-bond donors (Lipinski definition) is 4. The smallest absolute Gasteiger partial charge is 0.309 e. The van der Waals surface area contributed by atoms with Gasteiger partial charge in [0.1, 0.15) is 15.2 Å². The Labute approximate surface area is 511 Å². The number of amides is 3. The zero-order valence-corrected chi connectivity index (χ0v) is 58.0. The number of thiazole rings is 1. The van der Waals surface area contributed by atoms with E-state index in [4.69, 9.17) is 14.6 Å². The topological polar surface area (TPSA) is 204 Å². The molecule has 0 radical (unpaired) electrons. The maximum Gasteiger partial charge on any atom is 0.309 e. The molecule has 16 nitrogen and oxygen atoms in total. The second kappa shape index (κ2) is 56.9. The number of nitrogens with one attached hydrogen (secondary N) is 3. The summed E-state index contributed by atoms with van der Waals surface area (Å²) in [6.45, 7) is 41.6. The molecule has 2 aromatic heterocycles. The van der Waals surface area contributed by atoms with Gasteiger partial charge in [0.25, 0.3) is 0 Å². The van der Waals surface area contributed by atoms with Crippen LogP contribution in [0, 0.1) is 17.3 Å². The molecule has 82 heavy (non-hydrogen) atoms. The van der Waals surface area contributed by atoms with Crippen LogP contribution in [0.5, 0.6) is 0 Å². The monoisotopic (exact) mass is 1210 g/mol. The molecule has 0 bridgehead atoms. The van der Waals surface area contributed by atoms with Crippen LogP contribution in [0.25, 0.3) is 0 Å². The summed E-state index contributed by atoms with van der Waals surface area (Å²) in [4.78, 5) is 56.7. The number of hydrogen-bond acceptors (Lipinski definition) is 13. The lowest BCUT2D eigenvalue weighted by Crippen LogP contribution is -2.46. The molecule has 1 saturated heterocycles. The number of anilines is 1. The molecule has 4 unspecified atom stereocenters. The molecule has 4 N–H and O–H groups in total. The van der Waals surface area contributed by atoms with Crippen molar-refractivity contribution in [1.29, 1.82) is 0 Å². The summed E-state index contributed by atoms with van der Waals surface area (Å²) in [6.07, 6.45) is 19.9. The zero-order chi connectivity index (χ0) is 64.1. The SMILES string of the molecule is C/C=C(/OC)C(C)/C=C\CC/C(=C\CN=C(C)c1csc(NC(C)C)n1)OC.CC.CC.CC.CCC.CCCCCCC(C)C(CC(=O)O)=NC=O.CNC(CN(C)S(=O)c1cccs1)C(C)(C)C.C[C@@H]1CCCN1C(=O)CNC=O. The number of allylic oxidation sites excluding steroid dienone is 4. The van der Waals surface area contributed by atoms with Gasteiger partial charge in [-0.1, -0.05) is 147 Å². The average Bonchev–Trinajstić information content (AvgIpc) is 4.27. The largest absolute Gasteiger partial charge is 0.501 e. The van der Waals surface area contributed by atoms with E-state index < -0.39 is 17.0 Å². The predicted molar refractivity (Wildman–Crippen MR) is 355 cm³/mol. The van der Waals surface area contributed by atoms with E-state index in [1.54, 1.807) is 25.6 Å². The molecule has 3 rings (SSSR count). The van der Waals surface area contributed by atoms with E-state index in [1.165, 1.54) is 30.6 Å². The van der Waals surface area contributed by atoms with Crippen molar-refractivity contribution < 1.29 is 38.0 Å². The van der Waals surface area contributed by atoms with Gasteiger partial charge < -0.3 is 35.4 Å². The summed E-state index contributed by atoms with van der Waals surface area (Å²) in [5.74, 6) is 1.39. The van der Waals surface area contributed by atoms with E-state index in [-0.39, 0.29) is 36.1 Å². The maximum absolute atomic E-state index is 12.2. The maximum atomic E-state index is 12.2. The van der Waals surface area contributed by atoms with Crippen molar-refractivity contribution >= 4 is 74.9 Å². The van der Waals surface area contributed by atoms with Crippen LogP contribution in [0.2, 0.25) is 0 Å². The lowest BCUT2D eigenvalue weighted by atomic mass is 9.87. The number of carboxylic acids is 1. The minimum atomic E-state index is -1.04. The van der Waals surface area contributed by atoms with Crippen LogP contribution in [-0.2, 0) is 39.6 Å². The van der Waals surface area contributed by atoms with Crippen molar-refractivity contribution in [3.63, 3.8) is 0 Å². The van der Waals surface area contributed by atoms with Gasteiger partial charge in [-0.05, 0) is 102 Å². The molecule has 1 aliphatic rings. The van der Waals surface area contributed by atoms with Crippen LogP contribution in [0.3, 0.4) is 0 Å². The number of likely N-dealkylation sites (N-methyl/N-ethyl adjacent to an activating group) is 2. The third-order valence-electron chi connectivity index (χ3n) is 11.8. The molecule has 5 atom stereocenters. The molecule has 0 saturated carbocycles. The number of aliphatic carboxylic acids is 1. The van der Waals surface area contributed by atoms with Crippen molar-refractivity contribution in [2.75, 3.05) is 59.8 Å². The first-order chi connectivity index (χ1) is 39.0. The van der Waals surface area contributed by atoms with Gasteiger partial charge in [-0.2, -0.15) is 0 Å². The van der Waals surface area contributed by atoms with Crippen LogP contribution in [0.1, 0.15) is 208 Å². The summed E-state index contributed by atoms with van der Waals surface area (Å²) < 4.78 is 25.8. The number of rotatable bonds is 29. The molecule has 19 heteroatoms. The number of carbonyl (C=O) groups is 4. The summed E-state index contributed by atoms with van der Waals surface area (Å²) in [5.41, 5.74) is 2.50. The van der Waals surface area contributed by atoms with Gasteiger partial charge in [0, 0.05) is 61.7 Å². The molecule has 3 heterocycles. The van der Waals surface area contributed by atoms with E-state index in [2.05, 4.69) is 105 Å². The van der Waals surface area contributed by atoms with Crippen molar-refractivity contribution in [2.45, 2.75) is 225 Å². The van der Waals surface area contributed by atoms with Gasteiger partial charge in [0.2, 0.25) is 18.7 Å². The molecule has 0 spiro atoms. The number of carbonyl (C=O) groups excluding carboxylic acids is 3. The normalized spacial score (nSPS) is 14.7. The number of unbranched alkanes of at least 4 members (excludes halogenated alkanes) is 3. The highest BCUT2D eigenvalue weighted by Crippen LogP contribution is 2.23. The predicted octanol–water partition coefficient (Wildman–Crippen LogP) is 15.1. The minimum Gasteiger partial charge on any atom is -0.501 e. The average molecular weight is 1210 g/mol. The summed E-state index contributed by atoms with van der Waals surface area (Å²) in [6, 6.07) is 4.88. The van der Waals surface area contributed by atoms with Crippen LogP contribution >= 0.6 is 22.7 Å². The Morgan fingerprint density at radius 2 is 1.65 bits per heavy atom. The van der Waals surface area contributed by atoms with E-state index in [0.717, 1.165) is 90.3 Å². The van der Waals surface area contributed by atoms with Crippen LogP contribution in [0.15, 0.2) is 72.9 Å². The number of aliphatic imine (C=N–C) groups is 2. The fourth-order valence-electron chi connectivity index (χ4n) is 7.38. The van der Waals surface area contributed by atoms with E-state index in [9.17, 15) is 23.4 Å². The number of carboxylic acid groups (broad SMARTS) is 1. The molecule has 0 aliphatic carbocycles. The summed E-state index contributed by atoms with van der Waals surface area (Å²) >= 11 is 3.15. The fourth-order valence-corrected chi connectivity index (χ4v) is 10.4. The minimum absolute atomic E-state index is 0.0205. The van der Waals surface area contributed by atoms with Gasteiger partial charge >= 0.3 is 5.97 Å². The molecular weight excluding hydrogens is 1090 g/mol.